The summed E-state index contributed by atoms with van der Waals surface area (Å²) >= 11 is 0. The highest BCUT2D eigenvalue weighted by molar-refractivity contribution is 5.96. The van der Waals surface area contributed by atoms with Gasteiger partial charge < -0.3 is 15.1 Å². The molecule has 0 aliphatic heterocycles. The first kappa shape index (κ1) is 20.6. The van der Waals surface area contributed by atoms with Crippen LogP contribution in [0, 0.1) is 28.6 Å². The van der Waals surface area contributed by atoms with E-state index in [1.54, 1.807) is 6.92 Å². The molecular formula is C23H33NO5. The summed E-state index contributed by atoms with van der Waals surface area (Å²) in [6.07, 6.45) is 9.50. The molecule has 0 aromatic heterocycles. The molecule has 6 atom stereocenters. The molecule has 2 N–H and O–H groups in total. The van der Waals surface area contributed by atoms with Gasteiger partial charge in [-0.2, -0.15) is 0 Å². The Labute approximate surface area is 172 Å². The highest BCUT2D eigenvalue weighted by atomic mass is 16.6. The van der Waals surface area contributed by atoms with Crippen LogP contribution in [-0.4, -0.2) is 39.9 Å². The lowest BCUT2D eigenvalue weighted by Crippen LogP contribution is -2.57. The Balaban J connectivity index is 1.57. The first-order valence-corrected chi connectivity index (χ1v) is 11.0. The lowest BCUT2D eigenvalue weighted by atomic mass is 9.46. The predicted octanol–water partition coefficient (Wildman–Crippen LogP) is 3.73. The van der Waals surface area contributed by atoms with Crippen LogP contribution < -0.4 is 0 Å². The quantitative estimate of drug-likeness (QED) is 0.697. The zero-order valence-electron chi connectivity index (χ0n) is 17.7. The average molecular weight is 404 g/mol. The number of carbonyl (C=O) groups excluding carboxylic acids is 1. The van der Waals surface area contributed by atoms with Gasteiger partial charge in [-0.15, -0.1) is 0 Å². The molecule has 4 rings (SSSR count). The Morgan fingerprint density at radius 3 is 2.55 bits per heavy atom. The normalized spacial score (nSPS) is 45.0. The van der Waals surface area contributed by atoms with E-state index >= 15 is 0 Å². The standard InChI is InChI=1S/C23H33NO5/c1-14(25)23(28)11-8-19-17-5-4-15-12-16(24-29-13-20(26)27)6-9-21(15,2)18(17)7-10-22(19,23)3/h12,17-19,28H,4-11,13H2,1-3H3,(H,26,27)/t17?,18?,19?,21-,22-,23-/m0/s1. The van der Waals surface area contributed by atoms with Crippen molar-refractivity contribution in [2.45, 2.75) is 77.7 Å². The third kappa shape index (κ3) is 2.97. The maximum atomic E-state index is 12.3. The van der Waals surface area contributed by atoms with Crippen LogP contribution in [0.5, 0.6) is 0 Å². The van der Waals surface area contributed by atoms with Gasteiger partial charge in [-0.05, 0) is 87.5 Å². The molecule has 0 aromatic rings. The molecule has 6 heteroatoms. The first-order valence-electron chi connectivity index (χ1n) is 11.0. The molecule has 0 saturated heterocycles. The number of hydrogen-bond acceptors (Lipinski definition) is 5. The summed E-state index contributed by atoms with van der Waals surface area (Å²) in [7, 11) is 0. The minimum Gasteiger partial charge on any atom is -0.479 e. The highest BCUT2D eigenvalue weighted by Crippen LogP contribution is 2.67. The van der Waals surface area contributed by atoms with Gasteiger partial charge in [0.15, 0.2) is 5.78 Å². The second-order valence-electron chi connectivity index (χ2n) is 10.2. The van der Waals surface area contributed by atoms with Crippen LogP contribution in [0.25, 0.3) is 0 Å². The Morgan fingerprint density at radius 2 is 1.86 bits per heavy atom. The summed E-state index contributed by atoms with van der Waals surface area (Å²) < 4.78 is 0. The summed E-state index contributed by atoms with van der Waals surface area (Å²) in [5, 5.41) is 24.0. The van der Waals surface area contributed by atoms with Crippen molar-refractivity contribution in [3.63, 3.8) is 0 Å². The van der Waals surface area contributed by atoms with Crippen molar-refractivity contribution < 1.29 is 24.6 Å². The molecule has 6 nitrogen and oxygen atoms in total. The zero-order chi connectivity index (χ0) is 21.0. The number of oxime groups is 1. The Bertz CT molecular complexity index is 788. The van der Waals surface area contributed by atoms with E-state index in [0.29, 0.717) is 24.2 Å². The maximum Gasteiger partial charge on any atom is 0.344 e. The van der Waals surface area contributed by atoms with E-state index < -0.39 is 18.2 Å². The van der Waals surface area contributed by atoms with Crippen molar-refractivity contribution in [1.82, 2.24) is 0 Å². The number of fused-ring (bicyclic) bond motifs is 5. The Morgan fingerprint density at radius 1 is 1.14 bits per heavy atom. The number of aliphatic hydroxyl groups is 1. The second-order valence-corrected chi connectivity index (χ2v) is 10.2. The Kier molecular flexibility index (Phi) is 4.92. The monoisotopic (exact) mass is 403 g/mol. The van der Waals surface area contributed by atoms with Gasteiger partial charge in [0.05, 0.1) is 5.71 Å². The van der Waals surface area contributed by atoms with Gasteiger partial charge in [0.1, 0.15) is 5.60 Å². The van der Waals surface area contributed by atoms with E-state index in [4.69, 9.17) is 9.94 Å². The molecule has 0 amide bonds. The minimum atomic E-state index is -1.16. The van der Waals surface area contributed by atoms with Gasteiger partial charge in [0.25, 0.3) is 0 Å². The summed E-state index contributed by atoms with van der Waals surface area (Å²) in [4.78, 5) is 27.9. The smallest absolute Gasteiger partial charge is 0.344 e. The van der Waals surface area contributed by atoms with Gasteiger partial charge in [-0.1, -0.05) is 24.6 Å². The largest absolute Gasteiger partial charge is 0.479 e. The molecule has 3 saturated carbocycles. The summed E-state index contributed by atoms with van der Waals surface area (Å²) in [6.45, 7) is 5.67. The molecule has 160 valence electrons. The minimum absolute atomic E-state index is 0.0663. The van der Waals surface area contributed by atoms with E-state index in [1.807, 2.05) is 0 Å². The van der Waals surface area contributed by atoms with Crippen LogP contribution in [-0.2, 0) is 14.4 Å². The van der Waals surface area contributed by atoms with Gasteiger partial charge >= 0.3 is 5.97 Å². The van der Waals surface area contributed by atoms with Gasteiger partial charge in [0.2, 0.25) is 6.61 Å². The third-order valence-corrected chi connectivity index (χ3v) is 9.08. The second kappa shape index (κ2) is 6.93. The number of aliphatic carboxylic acids is 1. The van der Waals surface area contributed by atoms with Crippen molar-refractivity contribution in [3.8, 4) is 0 Å². The average Bonchev–Trinajstić information content (AvgIpc) is 2.94. The van der Waals surface area contributed by atoms with E-state index in [-0.39, 0.29) is 16.6 Å². The number of rotatable bonds is 4. The van der Waals surface area contributed by atoms with Crippen LogP contribution in [0.2, 0.25) is 0 Å². The van der Waals surface area contributed by atoms with Gasteiger partial charge in [-0.3, -0.25) is 4.79 Å². The first-order chi connectivity index (χ1) is 13.6. The van der Waals surface area contributed by atoms with Crippen molar-refractivity contribution in [2.24, 2.45) is 33.7 Å². The number of ketones is 1. The van der Waals surface area contributed by atoms with Crippen LogP contribution in [0.1, 0.15) is 72.1 Å². The highest BCUT2D eigenvalue weighted by Gasteiger charge is 2.65. The van der Waals surface area contributed by atoms with Crippen molar-refractivity contribution in [1.29, 1.82) is 0 Å². The molecule has 0 radical (unpaired) electrons. The molecule has 3 unspecified atom stereocenters. The van der Waals surface area contributed by atoms with Crippen molar-refractivity contribution >= 4 is 17.5 Å². The number of carboxylic acid groups (broad SMARTS) is 1. The summed E-state index contributed by atoms with van der Waals surface area (Å²) in [6, 6.07) is 0. The van der Waals surface area contributed by atoms with Crippen LogP contribution in [0.4, 0.5) is 0 Å². The lowest BCUT2D eigenvalue weighted by molar-refractivity contribution is -0.159. The molecule has 4 aliphatic carbocycles. The SMILES string of the molecule is CC(=O)[C@@]1(O)CCC2C3CCC4=CC(=NOCC(=O)O)CC[C@]4(C)C3CC[C@@]21C. The molecule has 3 fully saturated rings. The summed E-state index contributed by atoms with van der Waals surface area (Å²) in [5.41, 5.74) is 0.903. The van der Waals surface area contributed by atoms with E-state index in [2.05, 4.69) is 25.1 Å². The van der Waals surface area contributed by atoms with E-state index in [9.17, 15) is 14.7 Å². The maximum absolute atomic E-state index is 12.3. The molecule has 29 heavy (non-hydrogen) atoms. The molecule has 0 aromatic carbocycles. The van der Waals surface area contributed by atoms with E-state index in [1.165, 1.54) is 5.57 Å². The lowest BCUT2D eigenvalue weighted by Gasteiger charge is -2.59. The molecule has 0 bridgehead atoms. The number of carbonyl (C=O) groups is 2. The number of allylic oxidation sites excluding steroid dienone is 2. The number of nitrogens with zero attached hydrogens (tertiary/aromatic N) is 1. The van der Waals surface area contributed by atoms with Crippen molar-refractivity contribution in [3.05, 3.63) is 11.6 Å². The third-order valence-electron chi connectivity index (χ3n) is 9.08. The number of Topliss-reactive ketones (excluding diaryl/α,β-unsaturated/α-hetero) is 1. The van der Waals surface area contributed by atoms with Crippen LogP contribution >= 0.6 is 0 Å². The zero-order valence-corrected chi connectivity index (χ0v) is 17.7. The Hall–Kier alpha value is -1.69. The van der Waals surface area contributed by atoms with Crippen LogP contribution in [0.15, 0.2) is 16.8 Å². The fourth-order valence-electron chi connectivity index (χ4n) is 7.41. The van der Waals surface area contributed by atoms with E-state index in [0.717, 1.165) is 50.7 Å². The number of carboxylic acids is 1. The fraction of sp³-hybridized carbons (Fsp3) is 0.783. The number of hydrogen-bond donors (Lipinski definition) is 2. The molecule has 0 heterocycles. The molecule has 4 aliphatic rings. The molecular weight excluding hydrogens is 370 g/mol. The molecule has 0 spiro atoms. The topological polar surface area (TPSA) is 96.2 Å². The fourth-order valence-corrected chi connectivity index (χ4v) is 7.41. The predicted molar refractivity (Wildman–Crippen MR) is 108 cm³/mol. The van der Waals surface area contributed by atoms with Crippen LogP contribution in [0.3, 0.4) is 0 Å². The van der Waals surface area contributed by atoms with Gasteiger partial charge in [0, 0.05) is 5.41 Å². The van der Waals surface area contributed by atoms with Gasteiger partial charge in [-0.25, -0.2) is 4.79 Å². The summed E-state index contributed by atoms with van der Waals surface area (Å²) in [5.74, 6) is 0.434. The van der Waals surface area contributed by atoms with Crippen molar-refractivity contribution in [2.75, 3.05) is 6.61 Å².